The van der Waals surface area contributed by atoms with Crippen molar-refractivity contribution in [2.75, 3.05) is 19.6 Å². The molecule has 1 aliphatic rings. The third-order valence-electron chi connectivity index (χ3n) is 6.23. The van der Waals surface area contributed by atoms with Gasteiger partial charge in [-0.1, -0.05) is 42.5 Å². The summed E-state index contributed by atoms with van der Waals surface area (Å²) in [6, 6.07) is 17.8. The Hall–Kier alpha value is -3.21. The van der Waals surface area contributed by atoms with Crippen LogP contribution in [0.5, 0.6) is 5.75 Å². The highest BCUT2D eigenvalue weighted by Crippen LogP contribution is 2.29. The largest absolute Gasteiger partial charge is 0.473 e. The Morgan fingerprint density at radius 2 is 1.86 bits per heavy atom. The van der Waals surface area contributed by atoms with Gasteiger partial charge in [-0.3, -0.25) is 9.35 Å². The number of rotatable bonds is 10. The van der Waals surface area contributed by atoms with Crippen LogP contribution in [-0.4, -0.2) is 53.0 Å². The van der Waals surface area contributed by atoms with Crippen LogP contribution >= 0.6 is 0 Å². The number of primary amides is 1. The summed E-state index contributed by atoms with van der Waals surface area (Å²) >= 11 is 0. The Kier molecular flexibility index (Phi) is 7.54. The van der Waals surface area contributed by atoms with Crippen molar-refractivity contribution >= 4 is 16.0 Å². The predicted molar refractivity (Wildman–Crippen MR) is 131 cm³/mol. The Bertz CT molecular complexity index is 1270. The zero-order valence-corrected chi connectivity index (χ0v) is 20.4. The van der Waals surface area contributed by atoms with Crippen molar-refractivity contribution in [3.8, 4) is 5.75 Å². The molecule has 186 valence electrons. The number of hydrogen-bond donors (Lipinski definition) is 2. The number of hydrogen-bond acceptors (Lipinski definition) is 6. The summed E-state index contributed by atoms with van der Waals surface area (Å²) in [5, 5.41) is -0.577. The lowest BCUT2D eigenvalue weighted by molar-refractivity contribution is -0.125. The number of amides is 1. The quantitative estimate of drug-likeness (QED) is 0.411. The third-order valence-corrected chi connectivity index (χ3v) is 6.96. The minimum absolute atomic E-state index is 0.0200. The summed E-state index contributed by atoms with van der Waals surface area (Å²) in [5.41, 5.74) is 7.89. The van der Waals surface area contributed by atoms with Crippen LogP contribution in [0.3, 0.4) is 0 Å². The van der Waals surface area contributed by atoms with Gasteiger partial charge in [0.25, 0.3) is 5.91 Å². The molecule has 35 heavy (non-hydrogen) atoms. The Labute approximate surface area is 205 Å². The molecule has 0 bridgehead atoms. The third kappa shape index (κ3) is 6.27. The van der Waals surface area contributed by atoms with E-state index in [2.05, 4.69) is 22.0 Å². The van der Waals surface area contributed by atoms with Gasteiger partial charge in [0.15, 0.2) is 5.82 Å². The van der Waals surface area contributed by atoms with Crippen molar-refractivity contribution in [3.63, 3.8) is 0 Å². The summed E-state index contributed by atoms with van der Waals surface area (Å²) in [5.74, 6) is -0.218. The van der Waals surface area contributed by atoms with E-state index < -0.39 is 27.2 Å². The van der Waals surface area contributed by atoms with Crippen molar-refractivity contribution in [2.24, 2.45) is 12.8 Å². The Morgan fingerprint density at radius 1 is 1.14 bits per heavy atom. The molecule has 0 radical (unpaired) electrons. The maximum Gasteiger partial charge on any atom is 0.313 e. The zero-order chi connectivity index (χ0) is 25.0. The van der Waals surface area contributed by atoms with E-state index in [4.69, 9.17) is 10.5 Å². The summed E-state index contributed by atoms with van der Waals surface area (Å²) in [6.07, 6.45) is 3.04. The SMILES string of the molecule is Cn1cc(S(=O)(=O)O)nc1C(Oc1cccc(C(Cc2ccccc2)CN2CCCC2)c1)C(N)=O. The minimum Gasteiger partial charge on any atom is -0.473 e. The van der Waals surface area contributed by atoms with E-state index >= 15 is 0 Å². The number of likely N-dealkylation sites (tertiary alicyclic amines) is 1. The minimum atomic E-state index is -4.54. The summed E-state index contributed by atoms with van der Waals surface area (Å²) in [7, 11) is -3.04. The lowest BCUT2D eigenvalue weighted by atomic mass is 9.91. The van der Waals surface area contributed by atoms with Crippen LogP contribution in [0.15, 0.2) is 65.8 Å². The zero-order valence-electron chi connectivity index (χ0n) is 19.6. The summed E-state index contributed by atoms with van der Waals surface area (Å²) < 4.78 is 39.5. The summed E-state index contributed by atoms with van der Waals surface area (Å²) in [6.45, 7) is 3.08. The van der Waals surface area contributed by atoms with Crippen LogP contribution < -0.4 is 10.5 Å². The standard InChI is InChI=1S/C25H30N4O5S/c1-28-17-22(35(31,32)33)27-25(28)23(24(26)30)34-21-11-7-10-19(15-21)20(16-29-12-5-6-13-29)14-18-8-3-2-4-9-18/h2-4,7-11,15,17,20,23H,5-6,12-14,16H2,1H3,(H2,26,30)(H,31,32,33). The van der Waals surface area contributed by atoms with Gasteiger partial charge in [0.1, 0.15) is 5.75 Å². The predicted octanol–water partition coefficient (Wildman–Crippen LogP) is 2.69. The molecule has 10 heteroatoms. The van der Waals surface area contributed by atoms with Crippen molar-refractivity contribution in [1.82, 2.24) is 14.5 Å². The van der Waals surface area contributed by atoms with E-state index in [1.165, 1.54) is 30.0 Å². The molecule has 2 heterocycles. The van der Waals surface area contributed by atoms with Crippen LogP contribution in [0.4, 0.5) is 0 Å². The fourth-order valence-corrected chi connectivity index (χ4v) is 5.00. The number of ether oxygens (including phenoxy) is 1. The fraction of sp³-hybridized carbons (Fsp3) is 0.360. The maximum absolute atomic E-state index is 12.2. The van der Waals surface area contributed by atoms with Gasteiger partial charge in [0.05, 0.1) is 0 Å². The van der Waals surface area contributed by atoms with Gasteiger partial charge in [-0.2, -0.15) is 8.42 Å². The first-order chi connectivity index (χ1) is 16.7. The molecular weight excluding hydrogens is 468 g/mol. The topological polar surface area (TPSA) is 128 Å². The monoisotopic (exact) mass is 498 g/mol. The molecule has 3 N–H and O–H groups in total. The molecular formula is C25H30N4O5S. The highest BCUT2D eigenvalue weighted by Gasteiger charge is 2.28. The van der Waals surface area contributed by atoms with E-state index in [1.54, 1.807) is 6.07 Å². The van der Waals surface area contributed by atoms with Crippen LogP contribution in [-0.2, 0) is 28.4 Å². The molecule has 1 aliphatic heterocycles. The second-order valence-electron chi connectivity index (χ2n) is 8.89. The average molecular weight is 499 g/mol. The lowest BCUT2D eigenvalue weighted by Crippen LogP contribution is -2.29. The second kappa shape index (κ2) is 10.6. The number of carbonyl (C=O) groups is 1. The van der Waals surface area contributed by atoms with Crippen molar-refractivity contribution in [1.29, 1.82) is 0 Å². The molecule has 0 spiro atoms. The van der Waals surface area contributed by atoms with Crippen molar-refractivity contribution < 1.29 is 22.5 Å². The highest BCUT2D eigenvalue weighted by atomic mass is 32.2. The number of aryl methyl sites for hydroxylation is 1. The first kappa shape index (κ1) is 24.9. The molecule has 0 aliphatic carbocycles. The lowest BCUT2D eigenvalue weighted by Gasteiger charge is -2.25. The van der Waals surface area contributed by atoms with E-state index in [9.17, 15) is 17.8 Å². The molecule has 2 atom stereocenters. The molecule has 1 saturated heterocycles. The van der Waals surface area contributed by atoms with Gasteiger partial charge in [0.2, 0.25) is 11.1 Å². The smallest absolute Gasteiger partial charge is 0.313 e. The van der Waals surface area contributed by atoms with Gasteiger partial charge in [-0.05, 0) is 55.6 Å². The normalized spacial score (nSPS) is 16.2. The molecule has 2 unspecified atom stereocenters. The van der Waals surface area contributed by atoms with Crippen LogP contribution in [0.25, 0.3) is 0 Å². The number of carbonyl (C=O) groups excluding carboxylic acids is 1. The Balaban J connectivity index is 1.61. The molecule has 1 amide bonds. The summed E-state index contributed by atoms with van der Waals surface area (Å²) in [4.78, 5) is 18.6. The number of imidazole rings is 1. The maximum atomic E-state index is 12.2. The van der Waals surface area contributed by atoms with Crippen molar-refractivity contribution in [2.45, 2.75) is 36.3 Å². The van der Waals surface area contributed by atoms with Gasteiger partial charge >= 0.3 is 10.1 Å². The molecule has 2 aromatic carbocycles. The number of aromatic nitrogens is 2. The van der Waals surface area contributed by atoms with Crippen LogP contribution in [0.1, 0.15) is 41.8 Å². The van der Waals surface area contributed by atoms with Gasteiger partial charge in [-0.25, -0.2) is 4.98 Å². The number of nitrogens with two attached hydrogens (primary N) is 1. The molecule has 1 aromatic heterocycles. The van der Waals surface area contributed by atoms with E-state index in [1.807, 2.05) is 36.4 Å². The van der Waals surface area contributed by atoms with E-state index in [0.717, 1.165) is 37.8 Å². The van der Waals surface area contributed by atoms with E-state index in [0.29, 0.717) is 5.75 Å². The average Bonchev–Trinajstić information content (AvgIpc) is 3.47. The van der Waals surface area contributed by atoms with E-state index in [-0.39, 0.29) is 11.7 Å². The Morgan fingerprint density at radius 3 is 2.49 bits per heavy atom. The molecule has 3 aromatic rings. The van der Waals surface area contributed by atoms with Crippen molar-refractivity contribution in [3.05, 3.63) is 77.7 Å². The van der Waals surface area contributed by atoms with Crippen LogP contribution in [0, 0.1) is 0 Å². The molecule has 1 fully saturated rings. The first-order valence-electron chi connectivity index (χ1n) is 11.5. The van der Waals surface area contributed by atoms with Crippen LogP contribution in [0.2, 0.25) is 0 Å². The fourth-order valence-electron chi connectivity index (χ4n) is 4.50. The molecule has 4 rings (SSSR count). The number of nitrogens with zero attached hydrogens (tertiary/aromatic N) is 3. The van der Waals surface area contributed by atoms with Gasteiger partial charge in [0, 0.05) is 25.7 Å². The molecule has 0 saturated carbocycles. The van der Waals surface area contributed by atoms with Gasteiger partial charge < -0.3 is 19.9 Å². The molecule has 9 nitrogen and oxygen atoms in total. The second-order valence-corrected chi connectivity index (χ2v) is 10.3. The first-order valence-corrected chi connectivity index (χ1v) is 13.0. The van der Waals surface area contributed by atoms with Gasteiger partial charge in [-0.15, -0.1) is 0 Å². The number of benzene rings is 2. The highest BCUT2D eigenvalue weighted by molar-refractivity contribution is 7.85.